The molecule has 0 atom stereocenters. The van der Waals surface area contributed by atoms with E-state index in [0.29, 0.717) is 6.42 Å². The van der Waals surface area contributed by atoms with E-state index in [0.717, 1.165) is 11.1 Å². The van der Waals surface area contributed by atoms with Crippen molar-refractivity contribution in [2.24, 2.45) is 0 Å². The summed E-state index contributed by atoms with van der Waals surface area (Å²) < 4.78 is 0. The summed E-state index contributed by atoms with van der Waals surface area (Å²) in [5.41, 5.74) is 5.67. The summed E-state index contributed by atoms with van der Waals surface area (Å²) in [7, 11) is -1.60. The highest BCUT2D eigenvalue weighted by Crippen LogP contribution is 2.35. The first-order chi connectivity index (χ1) is 9.26. The monoisotopic (exact) mass is 286 g/mol. The number of hydrogen-bond acceptors (Lipinski definition) is 1. The van der Waals surface area contributed by atoms with Crippen LogP contribution in [0.1, 0.15) is 32.8 Å². The normalized spacial score (nSPS) is 12.8. The Hall–Kier alpha value is -1.30. The van der Waals surface area contributed by atoms with Gasteiger partial charge in [-0.1, -0.05) is 70.1 Å². The SMILES string of the molecule is CC(C)(C)[Si](C)(C)C#C/C(=C/c1ccccc1)CCO. The molecule has 0 radical (unpaired) electrons. The molecule has 1 aromatic carbocycles. The molecule has 20 heavy (non-hydrogen) atoms. The van der Waals surface area contributed by atoms with E-state index < -0.39 is 8.07 Å². The Morgan fingerprint density at radius 3 is 2.30 bits per heavy atom. The van der Waals surface area contributed by atoms with Crippen LogP contribution in [0.4, 0.5) is 0 Å². The molecule has 0 bridgehead atoms. The molecule has 0 aliphatic carbocycles. The largest absolute Gasteiger partial charge is 0.396 e. The maximum atomic E-state index is 9.21. The zero-order chi connectivity index (χ0) is 15.2. The third kappa shape index (κ3) is 5.00. The predicted molar refractivity (Wildman–Crippen MR) is 91.1 cm³/mol. The molecule has 1 N–H and O–H groups in total. The van der Waals surface area contributed by atoms with E-state index in [2.05, 4.69) is 63.5 Å². The zero-order valence-electron chi connectivity index (χ0n) is 13.3. The lowest BCUT2D eigenvalue weighted by Gasteiger charge is -2.31. The average Bonchev–Trinajstić information content (AvgIpc) is 2.36. The third-order valence-corrected chi connectivity index (χ3v) is 8.43. The third-order valence-electron chi connectivity index (χ3n) is 3.93. The van der Waals surface area contributed by atoms with Crippen LogP contribution in [-0.4, -0.2) is 19.8 Å². The van der Waals surface area contributed by atoms with E-state index in [1.165, 1.54) is 0 Å². The fraction of sp³-hybridized carbons (Fsp3) is 0.444. The fourth-order valence-corrected chi connectivity index (χ4v) is 2.31. The van der Waals surface area contributed by atoms with Gasteiger partial charge in [-0.25, -0.2) is 0 Å². The summed E-state index contributed by atoms with van der Waals surface area (Å²) in [4.78, 5) is 0. The molecule has 0 spiro atoms. The second-order valence-corrected chi connectivity index (χ2v) is 11.7. The van der Waals surface area contributed by atoms with Gasteiger partial charge in [-0.3, -0.25) is 0 Å². The second-order valence-electron chi connectivity index (χ2n) is 6.68. The summed E-state index contributed by atoms with van der Waals surface area (Å²) >= 11 is 0. The highest BCUT2D eigenvalue weighted by Gasteiger charge is 2.33. The van der Waals surface area contributed by atoms with Gasteiger partial charge in [0.25, 0.3) is 0 Å². The number of benzene rings is 1. The summed E-state index contributed by atoms with van der Waals surface area (Å²) in [6.45, 7) is 11.5. The van der Waals surface area contributed by atoms with Crippen molar-refractivity contribution in [3.8, 4) is 11.5 Å². The van der Waals surface area contributed by atoms with E-state index in [1.807, 2.05) is 18.2 Å². The van der Waals surface area contributed by atoms with Gasteiger partial charge in [0, 0.05) is 18.6 Å². The van der Waals surface area contributed by atoms with Gasteiger partial charge >= 0.3 is 0 Å². The molecule has 0 aliphatic heterocycles. The molecule has 1 nitrogen and oxygen atoms in total. The molecule has 0 fully saturated rings. The van der Waals surface area contributed by atoms with Crippen molar-refractivity contribution >= 4 is 14.1 Å². The average molecular weight is 286 g/mol. The van der Waals surface area contributed by atoms with Crippen LogP contribution in [-0.2, 0) is 0 Å². The Morgan fingerprint density at radius 2 is 1.80 bits per heavy atom. The first-order valence-corrected chi connectivity index (χ1v) is 10.2. The van der Waals surface area contributed by atoms with Crippen molar-refractivity contribution in [1.82, 2.24) is 0 Å². The molecular weight excluding hydrogens is 260 g/mol. The highest BCUT2D eigenvalue weighted by atomic mass is 28.3. The lowest BCUT2D eigenvalue weighted by atomic mass is 10.1. The number of rotatable bonds is 3. The Kier molecular flexibility index (Phi) is 5.80. The topological polar surface area (TPSA) is 20.2 Å². The lowest BCUT2D eigenvalue weighted by molar-refractivity contribution is 0.301. The first-order valence-electron chi connectivity index (χ1n) is 7.16. The molecule has 0 aromatic heterocycles. The Balaban J connectivity index is 3.04. The smallest absolute Gasteiger partial charge is 0.138 e. The van der Waals surface area contributed by atoms with Crippen LogP contribution >= 0.6 is 0 Å². The molecule has 0 aliphatic rings. The molecule has 2 heteroatoms. The molecule has 0 unspecified atom stereocenters. The lowest BCUT2D eigenvalue weighted by Crippen LogP contribution is -2.35. The van der Waals surface area contributed by atoms with E-state index in [9.17, 15) is 5.11 Å². The molecule has 0 saturated heterocycles. The van der Waals surface area contributed by atoms with Crippen molar-refractivity contribution in [2.45, 2.75) is 45.3 Å². The van der Waals surface area contributed by atoms with Gasteiger partial charge in [-0.2, -0.15) is 0 Å². The van der Waals surface area contributed by atoms with Crippen LogP contribution in [0.2, 0.25) is 18.1 Å². The van der Waals surface area contributed by atoms with Gasteiger partial charge in [-0.05, 0) is 16.7 Å². The van der Waals surface area contributed by atoms with Crippen LogP contribution in [0.25, 0.3) is 6.08 Å². The molecule has 0 saturated carbocycles. The van der Waals surface area contributed by atoms with E-state index >= 15 is 0 Å². The van der Waals surface area contributed by atoms with Gasteiger partial charge in [0.1, 0.15) is 8.07 Å². The minimum absolute atomic E-state index is 0.144. The number of aliphatic hydroxyl groups excluding tert-OH is 1. The van der Waals surface area contributed by atoms with Crippen molar-refractivity contribution in [3.05, 3.63) is 41.5 Å². The summed E-state index contributed by atoms with van der Waals surface area (Å²) in [5, 5.41) is 9.47. The Labute approximate surface area is 124 Å². The summed E-state index contributed by atoms with van der Waals surface area (Å²) in [6.07, 6.45) is 2.70. The maximum absolute atomic E-state index is 9.21. The zero-order valence-corrected chi connectivity index (χ0v) is 14.3. The Bertz CT molecular complexity index is 510. The van der Waals surface area contributed by atoms with E-state index in [4.69, 9.17) is 0 Å². The van der Waals surface area contributed by atoms with Crippen molar-refractivity contribution < 1.29 is 5.11 Å². The Morgan fingerprint density at radius 1 is 1.20 bits per heavy atom. The van der Waals surface area contributed by atoms with Gasteiger partial charge in [0.05, 0.1) is 0 Å². The maximum Gasteiger partial charge on any atom is 0.138 e. The number of hydrogen-bond donors (Lipinski definition) is 1. The minimum atomic E-state index is -1.60. The van der Waals surface area contributed by atoms with E-state index in [1.54, 1.807) is 0 Å². The summed E-state index contributed by atoms with van der Waals surface area (Å²) in [6, 6.07) is 10.2. The van der Waals surface area contributed by atoms with Crippen LogP contribution < -0.4 is 0 Å². The van der Waals surface area contributed by atoms with Crippen molar-refractivity contribution in [1.29, 1.82) is 0 Å². The molecule has 1 rings (SSSR count). The summed E-state index contributed by atoms with van der Waals surface area (Å²) in [5.74, 6) is 3.33. The van der Waals surface area contributed by atoms with Gasteiger partial charge < -0.3 is 5.11 Å². The first kappa shape index (κ1) is 16.8. The predicted octanol–water partition coefficient (Wildman–Crippen LogP) is 4.50. The van der Waals surface area contributed by atoms with Crippen LogP contribution in [0.3, 0.4) is 0 Å². The second kappa shape index (κ2) is 6.92. The molecule has 0 amide bonds. The van der Waals surface area contributed by atoms with Crippen LogP contribution in [0.15, 0.2) is 35.9 Å². The molecule has 0 heterocycles. The standard InChI is InChI=1S/C18H26OSi/c1-18(2,3)20(4,5)14-12-17(11-13-19)15-16-9-7-6-8-10-16/h6-10,15,19H,11,13H2,1-5H3/b17-15+. The van der Waals surface area contributed by atoms with Crippen molar-refractivity contribution in [2.75, 3.05) is 6.61 Å². The van der Waals surface area contributed by atoms with Crippen LogP contribution in [0.5, 0.6) is 0 Å². The highest BCUT2D eigenvalue weighted by molar-refractivity contribution is 6.87. The molecule has 1 aromatic rings. The minimum Gasteiger partial charge on any atom is -0.396 e. The van der Waals surface area contributed by atoms with Crippen molar-refractivity contribution in [3.63, 3.8) is 0 Å². The van der Waals surface area contributed by atoms with Crippen LogP contribution in [0, 0.1) is 11.5 Å². The number of aliphatic hydroxyl groups is 1. The molecular formula is C18H26OSi. The van der Waals surface area contributed by atoms with Gasteiger partial charge in [-0.15, -0.1) is 5.54 Å². The fourth-order valence-electron chi connectivity index (χ4n) is 1.47. The van der Waals surface area contributed by atoms with Gasteiger partial charge in [0.2, 0.25) is 0 Å². The van der Waals surface area contributed by atoms with Gasteiger partial charge in [0.15, 0.2) is 0 Å². The van der Waals surface area contributed by atoms with E-state index in [-0.39, 0.29) is 11.6 Å². The molecule has 108 valence electrons. The quantitative estimate of drug-likeness (QED) is 0.640.